The number of aromatic nitrogens is 1. The average molecular weight is 380 g/mol. The number of amides is 2. The first-order valence-electron chi connectivity index (χ1n) is 9.77. The highest BCUT2D eigenvalue weighted by molar-refractivity contribution is 5.99. The van der Waals surface area contributed by atoms with Crippen molar-refractivity contribution in [3.63, 3.8) is 0 Å². The minimum atomic E-state index is -0.570. The molecule has 1 aliphatic heterocycles. The number of pyridine rings is 1. The van der Waals surface area contributed by atoms with Crippen molar-refractivity contribution in [3.05, 3.63) is 59.3 Å². The van der Waals surface area contributed by atoms with Crippen molar-refractivity contribution < 1.29 is 9.59 Å². The zero-order valence-electron chi connectivity index (χ0n) is 16.9. The predicted molar refractivity (Wildman–Crippen MR) is 110 cm³/mol. The van der Waals surface area contributed by atoms with Crippen LogP contribution in [0.25, 0.3) is 0 Å². The lowest BCUT2D eigenvalue weighted by atomic mass is 10.1. The molecule has 1 aromatic carbocycles. The summed E-state index contributed by atoms with van der Waals surface area (Å²) in [6.07, 6.45) is 0. The molecule has 3 rings (SSSR count). The minimum Gasteiger partial charge on any atom is -0.370 e. The van der Waals surface area contributed by atoms with Gasteiger partial charge < -0.3 is 15.5 Å². The maximum Gasteiger partial charge on any atom is 0.273 e. The molecule has 0 saturated heterocycles. The van der Waals surface area contributed by atoms with E-state index in [2.05, 4.69) is 29.5 Å². The second-order valence-corrected chi connectivity index (χ2v) is 7.73. The number of carbonyl (C=O) groups is 2. The Kier molecular flexibility index (Phi) is 5.97. The highest BCUT2D eigenvalue weighted by atomic mass is 16.2. The molecule has 2 N–H and O–H groups in total. The molecule has 2 heterocycles. The van der Waals surface area contributed by atoms with Crippen LogP contribution in [-0.4, -0.2) is 34.3 Å². The normalized spacial score (nSPS) is 15.3. The van der Waals surface area contributed by atoms with E-state index in [4.69, 9.17) is 0 Å². The molecule has 2 aromatic rings. The third-order valence-electron chi connectivity index (χ3n) is 4.98. The van der Waals surface area contributed by atoms with Gasteiger partial charge in [0, 0.05) is 18.7 Å². The second kappa shape index (κ2) is 8.42. The van der Waals surface area contributed by atoms with Gasteiger partial charge in [-0.05, 0) is 31.4 Å². The van der Waals surface area contributed by atoms with E-state index in [1.54, 1.807) is 11.8 Å². The Hall–Kier alpha value is -2.89. The number of anilines is 1. The third-order valence-corrected chi connectivity index (χ3v) is 4.98. The van der Waals surface area contributed by atoms with Crippen LogP contribution in [0.5, 0.6) is 0 Å². The first-order chi connectivity index (χ1) is 13.4. The summed E-state index contributed by atoms with van der Waals surface area (Å²) in [7, 11) is 0. The summed E-state index contributed by atoms with van der Waals surface area (Å²) in [5.74, 6) is 0.809. The summed E-state index contributed by atoms with van der Waals surface area (Å²) in [6, 6.07) is 12.9. The highest BCUT2D eigenvalue weighted by Crippen LogP contribution is 2.25. The van der Waals surface area contributed by atoms with Crippen LogP contribution in [0, 0.1) is 5.92 Å². The van der Waals surface area contributed by atoms with Crippen molar-refractivity contribution in [3.8, 4) is 0 Å². The number of carbonyl (C=O) groups excluding carboxylic acids is 2. The van der Waals surface area contributed by atoms with Crippen LogP contribution in [0.4, 0.5) is 5.82 Å². The van der Waals surface area contributed by atoms with E-state index >= 15 is 0 Å². The van der Waals surface area contributed by atoms with Gasteiger partial charge in [-0.25, -0.2) is 4.98 Å². The second-order valence-electron chi connectivity index (χ2n) is 7.73. The monoisotopic (exact) mass is 380 g/mol. The largest absolute Gasteiger partial charge is 0.370 e. The van der Waals surface area contributed by atoms with Crippen LogP contribution in [0.2, 0.25) is 0 Å². The highest BCUT2D eigenvalue weighted by Gasteiger charge is 2.35. The number of fused-ring (bicyclic) bond motifs is 1. The standard InChI is InChI=1S/C22H28N4O2/c1-14(2)12-23-19-11-10-18-13-26(22(28)20(18)25-19)16(4)21(27)24-15(3)17-8-6-5-7-9-17/h5-11,14-16H,12-13H2,1-4H3,(H,23,25)(H,24,27)/t15-,16-/m1/s1. The van der Waals surface area contributed by atoms with Gasteiger partial charge in [-0.15, -0.1) is 0 Å². The smallest absolute Gasteiger partial charge is 0.273 e. The summed E-state index contributed by atoms with van der Waals surface area (Å²) in [6.45, 7) is 9.12. The molecule has 1 aromatic heterocycles. The SMILES string of the molecule is CC(C)CNc1ccc2c(n1)C(=O)N([C@H](C)C(=O)N[C@H](C)c1ccccc1)C2. The average Bonchev–Trinajstić information content (AvgIpc) is 3.02. The Labute approximate surface area is 166 Å². The van der Waals surface area contributed by atoms with Crippen molar-refractivity contribution in [2.75, 3.05) is 11.9 Å². The molecule has 2 amide bonds. The molecular formula is C22H28N4O2. The molecule has 0 unspecified atom stereocenters. The van der Waals surface area contributed by atoms with Crippen molar-refractivity contribution in [2.45, 2.75) is 46.3 Å². The molecule has 148 valence electrons. The number of benzene rings is 1. The number of rotatable bonds is 7. The van der Waals surface area contributed by atoms with E-state index in [-0.39, 0.29) is 17.9 Å². The van der Waals surface area contributed by atoms with Gasteiger partial charge in [-0.2, -0.15) is 0 Å². The van der Waals surface area contributed by atoms with Crippen LogP contribution in [0.1, 0.15) is 55.4 Å². The molecule has 0 radical (unpaired) electrons. The summed E-state index contributed by atoms with van der Waals surface area (Å²) >= 11 is 0. The van der Waals surface area contributed by atoms with Gasteiger partial charge in [-0.3, -0.25) is 9.59 Å². The molecule has 2 atom stereocenters. The number of nitrogens with zero attached hydrogens (tertiary/aromatic N) is 2. The van der Waals surface area contributed by atoms with E-state index in [1.165, 1.54) is 0 Å². The predicted octanol–water partition coefficient (Wildman–Crippen LogP) is 3.37. The van der Waals surface area contributed by atoms with E-state index < -0.39 is 6.04 Å². The summed E-state index contributed by atoms with van der Waals surface area (Å²) in [4.78, 5) is 31.6. The summed E-state index contributed by atoms with van der Waals surface area (Å²) < 4.78 is 0. The Morgan fingerprint density at radius 3 is 2.50 bits per heavy atom. The molecular weight excluding hydrogens is 352 g/mol. The zero-order valence-corrected chi connectivity index (χ0v) is 16.9. The molecule has 6 nitrogen and oxygen atoms in total. The zero-order chi connectivity index (χ0) is 20.3. The van der Waals surface area contributed by atoms with Gasteiger partial charge in [0.15, 0.2) is 0 Å². The van der Waals surface area contributed by atoms with Crippen LogP contribution in [0.3, 0.4) is 0 Å². The Morgan fingerprint density at radius 2 is 1.82 bits per heavy atom. The molecule has 0 bridgehead atoms. The Morgan fingerprint density at radius 1 is 1.11 bits per heavy atom. The summed E-state index contributed by atoms with van der Waals surface area (Å²) in [5.41, 5.74) is 2.32. The fourth-order valence-electron chi connectivity index (χ4n) is 3.21. The van der Waals surface area contributed by atoms with Crippen LogP contribution < -0.4 is 10.6 Å². The lowest BCUT2D eigenvalue weighted by Crippen LogP contribution is -2.45. The Balaban J connectivity index is 1.66. The molecule has 28 heavy (non-hydrogen) atoms. The van der Waals surface area contributed by atoms with Gasteiger partial charge >= 0.3 is 0 Å². The van der Waals surface area contributed by atoms with E-state index in [0.717, 1.165) is 17.7 Å². The minimum absolute atomic E-state index is 0.124. The Bertz CT molecular complexity index is 851. The van der Waals surface area contributed by atoms with Crippen LogP contribution in [0.15, 0.2) is 42.5 Å². The van der Waals surface area contributed by atoms with Gasteiger partial charge in [0.2, 0.25) is 5.91 Å². The number of nitrogens with one attached hydrogen (secondary N) is 2. The molecule has 0 spiro atoms. The van der Waals surface area contributed by atoms with Gasteiger partial charge in [-0.1, -0.05) is 50.2 Å². The van der Waals surface area contributed by atoms with E-state index in [1.807, 2.05) is 49.4 Å². The van der Waals surface area contributed by atoms with E-state index in [9.17, 15) is 9.59 Å². The van der Waals surface area contributed by atoms with Crippen molar-refractivity contribution >= 4 is 17.6 Å². The molecule has 0 aliphatic carbocycles. The van der Waals surface area contributed by atoms with Gasteiger partial charge in [0.05, 0.1) is 6.04 Å². The molecule has 0 fully saturated rings. The quantitative estimate of drug-likeness (QED) is 0.772. The van der Waals surface area contributed by atoms with Crippen LogP contribution in [-0.2, 0) is 11.3 Å². The fraction of sp³-hybridized carbons (Fsp3) is 0.409. The van der Waals surface area contributed by atoms with E-state index in [0.29, 0.717) is 24.0 Å². The van der Waals surface area contributed by atoms with Gasteiger partial charge in [0.25, 0.3) is 5.91 Å². The van der Waals surface area contributed by atoms with Crippen molar-refractivity contribution in [1.29, 1.82) is 0 Å². The summed E-state index contributed by atoms with van der Waals surface area (Å²) in [5, 5.41) is 6.24. The maximum absolute atomic E-state index is 12.8. The lowest BCUT2D eigenvalue weighted by molar-refractivity contribution is -0.125. The number of hydrogen-bond acceptors (Lipinski definition) is 4. The maximum atomic E-state index is 12.8. The number of hydrogen-bond donors (Lipinski definition) is 2. The van der Waals surface area contributed by atoms with Gasteiger partial charge in [0.1, 0.15) is 17.6 Å². The molecule has 0 saturated carbocycles. The fourth-order valence-corrected chi connectivity index (χ4v) is 3.21. The van der Waals surface area contributed by atoms with Crippen molar-refractivity contribution in [2.24, 2.45) is 5.92 Å². The molecule has 1 aliphatic rings. The lowest BCUT2D eigenvalue weighted by Gasteiger charge is -2.25. The first kappa shape index (κ1) is 19.9. The molecule has 6 heteroatoms. The topological polar surface area (TPSA) is 74.3 Å². The van der Waals surface area contributed by atoms with Crippen molar-refractivity contribution in [1.82, 2.24) is 15.2 Å². The van der Waals surface area contributed by atoms with Crippen LogP contribution >= 0.6 is 0 Å². The first-order valence-corrected chi connectivity index (χ1v) is 9.77. The third kappa shape index (κ3) is 4.32.